The molecule has 0 amide bonds. The van der Waals surface area contributed by atoms with Crippen molar-refractivity contribution in [2.45, 2.75) is 19.8 Å². The van der Waals surface area contributed by atoms with Crippen LogP contribution in [0.15, 0.2) is 18.2 Å². The summed E-state index contributed by atoms with van der Waals surface area (Å²) in [5.41, 5.74) is 8.61. The van der Waals surface area contributed by atoms with E-state index in [9.17, 15) is 0 Å². The van der Waals surface area contributed by atoms with E-state index in [4.69, 9.17) is 34.2 Å². The van der Waals surface area contributed by atoms with Crippen molar-refractivity contribution in [2.24, 2.45) is 0 Å². The molecule has 0 aliphatic carbocycles. The van der Waals surface area contributed by atoms with Gasteiger partial charge in [0.25, 0.3) is 0 Å². The van der Waals surface area contributed by atoms with Crippen LogP contribution in [0.25, 0.3) is 10.4 Å². The number of hydrogen-bond donors (Lipinski definition) is 1. The normalized spacial score (nSPS) is 10.4. The van der Waals surface area contributed by atoms with E-state index in [1.165, 1.54) is 11.3 Å². The molecule has 0 bridgehead atoms. The monoisotopic (exact) mass is 310 g/mol. The molecule has 2 nitrogen and oxygen atoms in total. The van der Waals surface area contributed by atoms with Crippen LogP contribution in [0, 0.1) is 11.3 Å². The number of hydrogen-bond acceptors (Lipinski definition) is 3. The second-order valence-corrected chi connectivity index (χ2v) is 5.98. The number of halogens is 2. The average Bonchev–Trinajstić information content (AvgIpc) is 2.71. The molecule has 2 rings (SSSR count). The second kappa shape index (κ2) is 5.83. The molecule has 2 N–H and O–H groups in total. The Labute approximate surface area is 126 Å². The molecule has 0 saturated heterocycles. The highest BCUT2D eigenvalue weighted by atomic mass is 35.5. The van der Waals surface area contributed by atoms with E-state index in [1.54, 1.807) is 6.07 Å². The van der Waals surface area contributed by atoms with Crippen molar-refractivity contribution in [3.63, 3.8) is 0 Å². The number of nitrogens with zero attached hydrogens (tertiary/aromatic N) is 1. The summed E-state index contributed by atoms with van der Waals surface area (Å²) in [6.07, 6.45) is 1.82. The molecule has 0 aliphatic rings. The molecule has 0 spiro atoms. The third-order valence-corrected chi connectivity index (χ3v) is 4.77. The average molecular weight is 311 g/mol. The Kier molecular flexibility index (Phi) is 4.36. The summed E-state index contributed by atoms with van der Waals surface area (Å²) in [6, 6.07) is 7.62. The fraction of sp³-hybridized carbons (Fsp3) is 0.214. The Morgan fingerprint density at radius 3 is 2.63 bits per heavy atom. The maximum absolute atomic E-state index is 9.10. The van der Waals surface area contributed by atoms with Crippen LogP contribution in [0.1, 0.15) is 23.8 Å². The molecule has 0 radical (unpaired) electrons. The van der Waals surface area contributed by atoms with Gasteiger partial charge in [-0.2, -0.15) is 5.26 Å². The van der Waals surface area contributed by atoms with Gasteiger partial charge in [0, 0.05) is 4.88 Å². The molecule has 1 aromatic carbocycles. The molecule has 1 aromatic heterocycles. The minimum absolute atomic E-state index is 0.507. The van der Waals surface area contributed by atoms with Crippen LogP contribution in [0.2, 0.25) is 10.0 Å². The fourth-order valence-corrected chi connectivity index (χ4v) is 3.29. The zero-order chi connectivity index (χ0) is 14.0. The molecule has 0 saturated carbocycles. The number of nitriles is 1. The van der Waals surface area contributed by atoms with Crippen molar-refractivity contribution in [1.82, 2.24) is 0 Å². The lowest BCUT2D eigenvalue weighted by Crippen LogP contribution is -1.93. The standard InChI is InChI=1S/C14H12Cl2N2S/c1-2-3-9-13(18)12(7-17)19-14(9)8-4-5-10(15)11(16)6-8/h4-6H,2-3,18H2,1H3. The van der Waals surface area contributed by atoms with E-state index >= 15 is 0 Å². The van der Waals surface area contributed by atoms with Gasteiger partial charge in [0.05, 0.1) is 15.7 Å². The molecule has 98 valence electrons. The summed E-state index contributed by atoms with van der Waals surface area (Å²) >= 11 is 13.4. The maximum atomic E-state index is 9.10. The fourth-order valence-electron chi connectivity index (χ4n) is 1.93. The summed E-state index contributed by atoms with van der Waals surface area (Å²) in [7, 11) is 0. The van der Waals surface area contributed by atoms with Gasteiger partial charge in [-0.25, -0.2) is 0 Å². The van der Waals surface area contributed by atoms with Crippen LogP contribution >= 0.6 is 34.5 Å². The number of anilines is 1. The van der Waals surface area contributed by atoms with Crippen molar-refractivity contribution in [1.29, 1.82) is 5.26 Å². The quantitative estimate of drug-likeness (QED) is 0.854. The Morgan fingerprint density at radius 2 is 2.05 bits per heavy atom. The number of nitrogens with two attached hydrogens (primary N) is 1. The van der Waals surface area contributed by atoms with Gasteiger partial charge in [0.1, 0.15) is 10.9 Å². The first-order chi connectivity index (χ1) is 9.08. The largest absolute Gasteiger partial charge is 0.397 e. The molecular formula is C14H12Cl2N2S. The predicted octanol–water partition coefficient (Wildman–Crippen LogP) is 5.13. The SMILES string of the molecule is CCCc1c(-c2ccc(Cl)c(Cl)c2)sc(C#N)c1N. The van der Waals surface area contributed by atoms with Crippen molar-refractivity contribution in [3.05, 3.63) is 38.7 Å². The molecule has 0 aliphatic heterocycles. The minimum atomic E-state index is 0.507. The lowest BCUT2D eigenvalue weighted by molar-refractivity contribution is 0.930. The second-order valence-electron chi connectivity index (χ2n) is 4.14. The molecule has 19 heavy (non-hydrogen) atoms. The van der Waals surface area contributed by atoms with Gasteiger partial charge in [0.2, 0.25) is 0 Å². The van der Waals surface area contributed by atoms with Crippen molar-refractivity contribution >= 4 is 40.2 Å². The van der Waals surface area contributed by atoms with Gasteiger partial charge >= 0.3 is 0 Å². The van der Waals surface area contributed by atoms with Gasteiger partial charge in [-0.1, -0.05) is 42.6 Å². The molecule has 0 unspecified atom stereocenters. The van der Waals surface area contributed by atoms with E-state index in [-0.39, 0.29) is 0 Å². The van der Waals surface area contributed by atoms with E-state index in [0.717, 1.165) is 28.8 Å². The Balaban J connectivity index is 2.60. The Bertz CT molecular complexity index is 656. The van der Waals surface area contributed by atoms with E-state index in [1.807, 2.05) is 12.1 Å². The zero-order valence-corrected chi connectivity index (χ0v) is 12.7. The lowest BCUT2D eigenvalue weighted by atomic mass is 10.0. The first-order valence-electron chi connectivity index (χ1n) is 5.85. The Morgan fingerprint density at radius 1 is 1.32 bits per heavy atom. The highest BCUT2D eigenvalue weighted by molar-refractivity contribution is 7.16. The van der Waals surface area contributed by atoms with Crippen molar-refractivity contribution < 1.29 is 0 Å². The zero-order valence-electron chi connectivity index (χ0n) is 10.3. The summed E-state index contributed by atoms with van der Waals surface area (Å²) in [5.74, 6) is 0. The Hall–Kier alpha value is -1.21. The number of benzene rings is 1. The molecule has 1 heterocycles. The van der Waals surface area contributed by atoms with Crippen LogP contribution in [0.4, 0.5) is 5.69 Å². The number of rotatable bonds is 3. The van der Waals surface area contributed by atoms with Crippen molar-refractivity contribution in [3.8, 4) is 16.5 Å². The highest BCUT2D eigenvalue weighted by Gasteiger charge is 2.17. The summed E-state index contributed by atoms with van der Waals surface area (Å²) in [5, 5.41) is 10.1. The van der Waals surface area contributed by atoms with Crippen LogP contribution in [0.5, 0.6) is 0 Å². The maximum Gasteiger partial charge on any atom is 0.128 e. The molecule has 0 atom stereocenters. The summed E-state index contributed by atoms with van der Waals surface area (Å²) < 4.78 is 0. The van der Waals surface area contributed by atoms with Crippen LogP contribution in [-0.4, -0.2) is 0 Å². The lowest BCUT2D eigenvalue weighted by Gasteiger charge is -2.05. The van der Waals surface area contributed by atoms with Gasteiger partial charge in [-0.05, 0) is 29.7 Å². The predicted molar refractivity (Wildman–Crippen MR) is 82.9 cm³/mol. The minimum Gasteiger partial charge on any atom is -0.397 e. The van der Waals surface area contributed by atoms with Gasteiger partial charge in [-0.15, -0.1) is 11.3 Å². The van der Waals surface area contributed by atoms with E-state index in [0.29, 0.717) is 20.6 Å². The topological polar surface area (TPSA) is 49.8 Å². The smallest absolute Gasteiger partial charge is 0.128 e. The van der Waals surface area contributed by atoms with Gasteiger partial charge in [0.15, 0.2) is 0 Å². The molecule has 0 fully saturated rings. The number of thiophene rings is 1. The summed E-state index contributed by atoms with van der Waals surface area (Å²) in [6.45, 7) is 2.09. The van der Waals surface area contributed by atoms with Crippen LogP contribution in [0.3, 0.4) is 0 Å². The van der Waals surface area contributed by atoms with E-state index in [2.05, 4.69) is 13.0 Å². The van der Waals surface area contributed by atoms with Gasteiger partial charge in [-0.3, -0.25) is 0 Å². The third-order valence-electron chi connectivity index (χ3n) is 2.83. The highest BCUT2D eigenvalue weighted by Crippen LogP contribution is 2.40. The van der Waals surface area contributed by atoms with Crippen LogP contribution < -0.4 is 5.73 Å². The molecule has 5 heteroatoms. The number of nitrogen functional groups attached to an aromatic ring is 1. The first kappa shape index (κ1) is 14.2. The molecular weight excluding hydrogens is 299 g/mol. The van der Waals surface area contributed by atoms with Gasteiger partial charge < -0.3 is 5.73 Å². The first-order valence-corrected chi connectivity index (χ1v) is 7.42. The molecule has 2 aromatic rings. The third kappa shape index (κ3) is 2.71. The van der Waals surface area contributed by atoms with Crippen LogP contribution in [-0.2, 0) is 6.42 Å². The van der Waals surface area contributed by atoms with E-state index < -0.39 is 0 Å². The summed E-state index contributed by atoms with van der Waals surface area (Å²) in [4.78, 5) is 1.57. The van der Waals surface area contributed by atoms with Crippen molar-refractivity contribution in [2.75, 3.05) is 5.73 Å².